The van der Waals surface area contributed by atoms with Gasteiger partial charge in [0.15, 0.2) is 11.5 Å². The van der Waals surface area contributed by atoms with Crippen LogP contribution in [0.3, 0.4) is 0 Å². The molecular weight excluding hydrogens is 360 g/mol. The Balaban J connectivity index is 3.13. The number of carbonyl (C=O) groups is 1. The number of hydrogen-bond acceptors (Lipinski definition) is 6. The molecule has 0 heterocycles. The van der Waals surface area contributed by atoms with Crippen LogP contribution in [0.2, 0.25) is 5.02 Å². The van der Waals surface area contributed by atoms with Crippen LogP contribution in [0.25, 0.3) is 6.08 Å². The van der Waals surface area contributed by atoms with Crippen molar-refractivity contribution in [1.82, 2.24) is 0 Å². The fourth-order valence-electron chi connectivity index (χ4n) is 1.85. The molecule has 1 aromatic rings. The van der Waals surface area contributed by atoms with Crippen LogP contribution in [-0.4, -0.2) is 39.5 Å². The van der Waals surface area contributed by atoms with Gasteiger partial charge in [0.2, 0.25) is 0 Å². The normalized spacial score (nSPS) is 12.5. The van der Waals surface area contributed by atoms with Gasteiger partial charge in [0.25, 0.3) is 0 Å². The number of alkyl halides is 2. The molecule has 0 aliphatic rings. The summed E-state index contributed by atoms with van der Waals surface area (Å²) in [5.74, 6) is -1.27. The number of halogens is 3. The van der Waals surface area contributed by atoms with E-state index in [1.54, 1.807) is 13.0 Å². The molecule has 0 aromatic heterocycles. The van der Waals surface area contributed by atoms with E-state index in [1.807, 2.05) is 0 Å². The Kier molecular flexibility index (Phi) is 8.11. The number of esters is 1. The zero-order valence-electron chi connectivity index (χ0n) is 13.7. The quantitative estimate of drug-likeness (QED) is 0.393. The molecule has 0 radical (unpaired) electrons. The van der Waals surface area contributed by atoms with Crippen molar-refractivity contribution < 1.29 is 32.5 Å². The lowest BCUT2D eigenvalue weighted by Crippen LogP contribution is -2.20. The van der Waals surface area contributed by atoms with Gasteiger partial charge in [0.1, 0.15) is 17.7 Å². The molecule has 9 heteroatoms. The fourth-order valence-corrected chi connectivity index (χ4v) is 2.11. The van der Waals surface area contributed by atoms with E-state index in [0.717, 1.165) is 0 Å². The second-order valence-corrected chi connectivity index (χ2v) is 5.16. The number of nitrogens with zero attached hydrogens (tertiary/aromatic N) is 1. The topological polar surface area (TPSA) is 77.8 Å². The highest BCUT2D eigenvalue weighted by Crippen LogP contribution is 2.38. The third-order valence-electron chi connectivity index (χ3n) is 2.82. The molecule has 0 saturated carbocycles. The van der Waals surface area contributed by atoms with Gasteiger partial charge < -0.3 is 18.9 Å². The van der Waals surface area contributed by atoms with E-state index < -0.39 is 18.7 Å². The van der Waals surface area contributed by atoms with Gasteiger partial charge in [-0.2, -0.15) is 14.0 Å². The summed E-state index contributed by atoms with van der Waals surface area (Å²) >= 11 is 5.91. The highest BCUT2D eigenvalue weighted by molar-refractivity contribution is 6.32. The number of hydrogen-bond donors (Lipinski definition) is 0. The largest absolute Gasteiger partial charge is 0.493 e. The zero-order chi connectivity index (χ0) is 19.0. The van der Waals surface area contributed by atoms with Gasteiger partial charge in [-0.3, -0.25) is 0 Å². The summed E-state index contributed by atoms with van der Waals surface area (Å²) < 4.78 is 43.9. The maximum absolute atomic E-state index is 12.4. The van der Waals surface area contributed by atoms with Crippen molar-refractivity contribution in [3.05, 3.63) is 28.3 Å². The lowest BCUT2D eigenvalue weighted by Gasteiger charge is -2.13. The zero-order valence-corrected chi connectivity index (χ0v) is 14.5. The molecule has 1 aromatic carbocycles. The van der Waals surface area contributed by atoms with E-state index in [9.17, 15) is 13.6 Å². The van der Waals surface area contributed by atoms with Crippen LogP contribution in [-0.2, 0) is 14.3 Å². The minimum Gasteiger partial charge on any atom is -0.493 e. The average Bonchev–Trinajstić information content (AvgIpc) is 2.54. The fraction of sp³-hybridized carbons (Fsp3) is 0.375. The molecule has 0 amide bonds. The third-order valence-corrected chi connectivity index (χ3v) is 3.10. The highest BCUT2D eigenvalue weighted by Gasteiger charge is 2.18. The Morgan fingerprint density at radius 1 is 1.40 bits per heavy atom. The summed E-state index contributed by atoms with van der Waals surface area (Å²) in [6.07, 6.45) is 0.650. The predicted octanol–water partition coefficient (Wildman–Crippen LogP) is 3.44. The minimum absolute atomic E-state index is 0.0718. The Hall–Kier alpha value is -2.37. The van der Waals surface area contributed by atoms with E-state index >= 15 is 0 Å². The van der Waals surface area contributed by atoms with E-state index in [1.165, 1.54) is 32.4 Å². The third kappa shape index (κ3) is 6.21. The second-order valence-electron chi connectivity index (χ2n) is 4.75. The van der Waals surface area contributed by atoms with Gasteiger partial charge in [-0.25, -0.2) is 4.79 Å². The molecular formula is C16H16ClF2NO5. The monoisotopic (exact) mass is 375 g/mol. The summed E-state index contributed by atoms with van der Waals surface area (Å²) in [7, 11) is 2.69. The number of carbonyl (C=O) groups excluding carboxylic acids is 1. The molecule has 0 saturated heterocycles. The molecule has 136 valence electrons. The van der Waals surface area contributed by atoms with Gasteiger partial charge in [-0.05, 0) is 30.7 Å². The highest BCUT2D eigenvalue weighted by atomic mass is 35.5. The van der Waals surface area contributed by atoms with Crippen LogP contribution in [0.1, 0.15) is 12.5 Å². The van der Waals surface area contributed by atoms with E-state index in [-0.39, 0.29) is 34.3 Å². The molecule has 0 bridgehead atoms. The average molecular weight is 376 g/mol. The summed E-state index contributed by atoms with van der Waals surface area (Å²) in [5, 5.41) is 8.97. The molecule has 0 unspecified atom stereocenters. The number of benzene rings is 1. The Morgan fingerprint density at radius 2 is 2.08 bits per heavy atom. The van der Waals surface area contributed by atoms with Crippen LogP contribution in [0, 0.1) is 11.3 Å². The summed E-state index contributed by atoms with van der Waals surface area (Å²) in [4.78, 5) is 12.0. The second kappa shape index (κ2) is 9.81. The molecule has 1 atom stereocenters. The van der Waals surface area contributed by atoms with E-state index in [2.05, 4.69) is 4.74 Å². The van der Waals surface area contributed by atoms with Crippen molar-refractivity contribution >= 4 is 23.6 Å². The first-order valence-corrected chi connectivity index (χ1v) is 7.34. The van der Waals surface area contributed by atoms with E-state index in [4.69, 9.17) is 31.1 Å². The SMILES string of the molecule is COC[C@@H](C)OC(=O)/C(C#N)=C/c1cc(Cl)c(OC(F)F)c(OC)c1. The molecule has 0 aliphatic carbocycles. The summed E-state index contributed by atoms with van der Waals surface area (Å²) in [5.41, 5.74) is -0.0278. The van der Waals surface area contributed by atoms with Crippen molar-refractivity contribution in [1.29, 1.82) is 5.26 Å². The Morgan fingerprint density at radius 3 is 2.60 bits per heavy atom. The maximum atomic E-state index is 12.4. The first-order chi connectivity index (χ1) is 11.8. The van der Waals surface area contributed by atoms with Crippen LogP contribution in [0.4, 0.5) is 8.78 Å². The van der Waals surface area contributed by atoms with Crippen LogP contribution >= 0.6 is 11.6 Å². The number of methoxy groups -OCH3 is 2. The summed E-state index contributed by atoms with van der Waals surface area (Å²) in [6.45, 7) is -1.31. The molecule has 0 N–H and O–H groups in total. The van der Waals surface area contributed by atoms with E-state index in [0.29, 0.717) is 0 Å². The molecule has 0 spiro atoms. The first kappa shape index (κ1) is 20.7. The van der Waals surface area contributed by atoms with Crippen molar-refractivity contribution in [2.75, 3.05) is 20.8 Å². The predicted molar refractivity (Wildman–Crippen MR) is 85.7 cm³/mol. The van der Waals surface area contributed by atoms with Crippen LogP contribution < -0.4 is 9.47 Å². The minimum atomic E-state index is -3.08. The Bertz CT molecular complexity index is 688. The number of nitriles is 1. The van der Waals surface area contributed by atoms with Crippen molar-refractivity contribution in [2.24, 2.45) is 0 Å². The summed E-state index contributed by atoms with van der Waals surface area (Å²) in [6, 6.07) is 4.27. The lowest BCUT2D eigenvalue weighted by molar-refractivity contribution is -0.145. The van der Waals surface area contributed by atoms with Gasteiger partial charge in [0, 0.05) is 7.11 Å². The molecule has 1 rings (SSSR count). The molecule has 0 aliphatic heterocycles. The van der Waals surface area contributed by atoms with Crippen molar-refractivity contribution in [3.8, 4) is 17.6 Å². The van der Waals surface area contributed by atoms with Crippen molar-refractivity contribution in [2.45, 2.75) is 19.6 Å². The van der Waals surface area contributed by atoms with Gasteiger partial charge in [0.05, 0.1) is 18.7 Å². The molecule has 0 fully saturated rings. The van der Waals surface area contributed by atoms with Gasteiger partial charge in [-0.1, -0.05) is 11.6 Å². The van der Waals surface area contributed by atoms with Gasteiger partial charge in [-0.15, -0.1) is 0 Å². The van der Waals surface area contributed by atoms with Crippen LogP contribution in [0.15, 0.2) is 17.7 Å². The number of ether oxygens (including phenoxy) is 4. The van der Waals surface area contributed by atoms with Gasteiger partial charge >= 0.3 is 12.6 Å². The lowest BCUT2D eigenvalue weighted by atomic mass is 10.1. The van der Waals surface area contributed by atoms with Crippen LogP contribution in [0.5, 0.6) is 11.5 Å². The Labute approximate surface area is 148 Å². The number of rotatable bonds is 8. The first-order valence-electron chi connectivity index (χ1n) is 6.96. The maximum Gasteiger partial charge on any atom is 0.387 e. The molecule has 6 nitrogen and oxygen atoms in total. The standard InChI is InChI=1S/C16H16ClF2NO5/c1-9(8-22-2)24-15(21)11(7-20)4-10-5-12(17)14(25-16(18)19)13(6-10)23-3/h4-6,9,16H,8H2,1-3H3/b11-4+/t9-/m1/s1. The van der Waals surface area contributed by atoms with Crippen molar-refractivity contribution in [3.63, 3.8) is 0 Å². The molecule has 25 heavy (non-hydrogen) atoms. The smallest absolute Gasteiger partial charge is 0.387 e.